The smallest absolute Gasteiger partial charge is 0.169 e. The predicted octanol–water partition coefficient (Wildman–Crippen LogP) is 4.79. The van der Waals surface area contributed by atoms with Crippen LogP contribution in [0, 0.1) is 23.0 Å². The summed E-state index contributed by atoms with van der Waals surface area (Å²) in [5, 5.41) is 10.1. The van der Waals surface area contributed by atoms with Crippen molar-refractivity contribution in [3.63, 3.8) is 0 Å². The number of ether oxygens (including phenoxy) is 2. The molecule has 0 spiro atoms. The molecule has 0 saturated heterocycles. The monoisotopic (exact) mass is 311 g/mol. The minimum Gasteiger partial charge on any atom is -0.493 e. The molecule has 0 aliphatic carbocycles. The van der Waals surface area contributed by atoms with Gasteiger partial charge in [0, 0.05) is 17.5 Å². The van der Waals surface area contributed by atoms with Crippen molar-refractivity contribution in [1.82, 2.24) is 0 Å². The van der Waals surface area contributed by atoms with Crippen molar-refractivity contribution in [1.29, 1.82) is 5.26 Å². The summed E-state index contributed by atoms with van der Waals surface area (Å²) in [4.78, 5) is 0. The maximum atomic E-state index is 13.8. The van der Waals surface area contributed by atoms with Crippen molar-refractivity contribution in [2.24, 2.45) is 0 Å². The van der Waals surface area contributed by atoms with Crippen LogP contribution in [0.3, 0.4) is 0 Å². The Kier molecular flexibility index (Phi) is 3.82. The van der Waals surface area contributed by atoms with Gasteiger partial charge in [-0.1, -0.05) is 0 Å². The number of hydrogen-bond acceptors (Lipinski definition) is 3. The van der Waals surface area contributed by atoms with Gasteiger partial charge in [-0.15, -0.1) is 0 Å². The Morgan fingerprint density at radius 3 is 2.39 bits per heavy atom. The van der Waals surface area contributed by atoms with Gasteiger partial charge < -0.3 is 9.47 Å². The van der Waals surface area contributed by atoms with Gasteiger partial charge in [-0.3, -0.25) is 0 Å². The fourth-order valence-electron chi connectivity index (χ4n) is 2.30. The number of nitriles is 1. The van der Waals surface area contributed by atoms with Gasteiger partial charge >= 0.3 is 0 Å². The highest BCUT2D eigenvalue weighted by Crippen LogP contribution is 2.36. The predicted molar refractivity (Wildman–Crippen MR) is 81.6 cm³/mol. The van der Waals surface area contributed by atoms with Crippen LogP contribution in [0.25, 0.3) is 10.8 Å². The molecule has 3 nitrogen and oxygen atoms in total. The number of methoxy groups -OCH3 is 1. The number of rotatable bonds is 3. The summed E-state index contributed by atoms with van der Waals surface area (Å²) in [5.41, 5.74) is 0.424. The molecule has 0 heterocycles. The Labute approximate surface area is 131 Å². The molecular weight excluding hydrogens is 300 g/mol. The van der Waals surface area contributed by atoms with Crippen molar-refractivity contribution in [3.8, 4) is 23.3 Å². The van der Waals surface area contributed by atoms with Crippen LogP contribution >= 0.6 is 0 Å². The van der Waals surface area contributed by atoms with Crippen molar-refractivity contribution >= 4 is 10.8 Å². The quantitative estimate of drug-likeness (QED) is 0.698. The van der Waals surface area contributed by atoms with E-state index in [0.29, 0.717) is 16.3 Å². The van der Waals surface area contributed by atoms with E-state index in [2.05, 4.69) is 0 Å². The molecule has 5 heteroatoms. The maximum Gasteiger partial charge on any atom is 0.169 e. The van der Waals surface area contributed by atoms with Gasteiger partial charge in [-0.05, 0) is 41.8 Å². The lowest BCUT2D eigenvalue weighted by Crippen LogP contribution is -1.93. The van der Waals surface area contributed by atoms with Gasteiger partial charge in [-0.25, -0.2) is 8.78 Å². The molecule has 0 saturated carbocycles. The molecule has 0 radical (unpaired) electrons. The molecule has 0 unspecified atom stereocenters. The summed E-state index contributed by atoms with van der Waals surface area (Å²) in [6.07, 6.45) is 0. The van der Waals surface area contributed by atoms with Crippen LogP contribution in [0.2, 0.25) is 0 Å². The first-order valence-electron chi connectivity index (χ1n) is 6.75. The lowest BCUT2D eigenvalue weighted by molar-refractivity contribution is 0.376. The summed E-state index contributed by atoms with van der Waals surface area (Å²) in [5.74, 6) is -0.226. The van der Waals surface area contributed by atoms with E-state index in [1.54, 1.807) is 18.2 Å². The van der Waals surface area contributed by atoms with E-state index in [-0.39, 0.29) is 17.2 Å². The molecular formula is C18H11F2NO2. The van der Waals surface area contributed by atoms with Gasteiger partial charge in [-0.2, -0.15) is 5.26 Å². The number of halogens is 2. The first-order valence-corrected chi connectivity index (χ1v) is 6.75. The van der Waals surface area contributed by atoms with Crippen LogP contribution < -0.4 is 9.47 Å². The van der Waals surface area contributed by atoms with Crippen molar-refractivity contribution in [2.45, 2.75) is 0 Å². The van der Waals surface area contributed by atoms with Crippen LogP contribution in [0.1, 0.15) is 5.56 Å². The van der Waals surface area contributed by atoms with Crippen LogP contribution in [0.4, 0.5) is 8.78 Å². The van der Waals surface area contributed by atoms with Gasteiger partial charge in [0.15, 0.2) is 11.5 Å². The molecule has 3 rings (SSSR count). The highest BCUT2D eigenvalue weighted by Gasteiger charge is 2.11. The molecule has 0 bridgehead atoms. The van der Waals surface area contributed by atoms with E-state index < -0.39 is 11.6 Å². The third-order valence-corrected chi connectivity index (χ3v) is 3.35. The Morgan fingerprint density at radius 2 is 1.65 bits per heavy atom. The first kappa shape index (κ1) is 14.8. The zero-order valence-electron chi connectivity index (χ0n) is 12.1. The molecule has 114 valence electrons. The third kappa shape index (κ3) is 2.92. The average Bonchev–Trinajstić information content (AvgIpc) is 2.55. The van der Waals surface area contributed by atoms with Crippen LogP contribution in [0.15, 0.2) is 48.5 Å². The van der Waals surface area contributed by atoms with Crippen molar-refractivity contribution < 1.29 is 18.3 Å². The molecule has 3 aromatic rings. The van der Waals surface area contributed by atoms with E-state index in [9.17, 15) is 8.78 Å². The first-order chi connectivity index (χ1) is 11.1. The maximum absolute atomic E-state index is 13.8. The standard InChI is InChI=1S/C18H11F2NO2/c1-22-18-8-13(19)3-5-16(18)23-17-9-14(20)7-12-6-11(10-21)2-4-15(12)17/h2-9H,1H3. The molecule has 0 aliphatic rings. The van der Waals surface area contributed by atoms with Gasteiger partial charge in [0.25, 0.3) is 0 Å². The highest BCUT2D eigenvalue weighted by molar-refractivity contribution is 5.89. The normalized spacial score (nSPS) is 10.3. The number of nitrogens with zero attached hydrogens (tertiary/aromatic N) is 1. The molecule has 0 atom stereocenters. The molecule has 0 N–H and O–H groups in total. The minimum atomic E-state index is -0.497. The summed E-state index contributed by atoms with van der Waals surface area (Å²) < 4.78 is 37.9. The van der Waals surface area contributed by atoms with E-state index in [1.165, 1.54) is 37.4 Å². The summed E-state index contributed by atoms with van der Waals surface area (Å²) in [6.45, 7) is 0. The Morgan fingerprint density at radius 1 is 0.870 bits per heavy atom. The average molecular weight is 311 g/mol. The van der Waals surface area contributed by atoms with Gasteiger partial charge in [0.05, 0.1) is 18.7 Å². The minimum absolute atomic E-state index is 0.205. The number of fused-ring (bicyclic) bond motifs is 1. The molecule has 0 amide bonds. The van der Waals surface area contributed by atoms with E-state index in [0.717, 1.165) is 0 Å². The summed E-state index contributed by atoms with van der Waals surface area (Å²) >= 11 is 0. The fraction of sp³-hybridized carbons (Fsp3) is 0.0556. The van der Waals surface area contributed by atoms with E-state index in [1.807, 2.05) is 6.07 Å². The van der Waals surface area contributed by atoms with Gasteiger partial charge in [0.1, 0.15) is 17.4 Å². The lowest BCUT2D eigenvalue weighted by atomic mass is 10.1. The second-order valence-corrected chi connectivity index (χ2v) is 4.85. The third-order valence-electron chi connectivity index (χ3n) is 3.35. The van der Waals surface area contributed by atoms with Crippen LogP contribution in [0.5, 0.6) is 17.2 Å². The number of benzene rings is 3. The van der Waals surface area contributed by atoms with Crippen molar-refractivity contribution in [3.05, 3.63) is 65.7 Å². The zero-order valence-corrected chi connectivity index (χ0v) is 12.1. The molecule has 0 fully saturated rings. The van der Waals surface area contributed by atoms with E-state index >= 15 is 0 Å². The zero-order chi connectivity index (χ0) is 16.4. The second kappa shape index (κ2) is 5.93. The van der Waals surface area contributed by atoms with Gasteiger partial charge in [0.2, 0.25) is 0 Å². The fourth-order valence-corrected chi connectivity index (χ4v) is 2.30. The van der Waals surface area contributed by atoms with E-state index in [4.69, 9.17) is 14.7 Å². The van der Waals surface area contributed by atoms with Crippen molar-refractivity contribution in [2.75, 3.05) is 7.11 Å². The lowest BCUT2D eigenvalue weighted by Gasteiger charge is -2.12. The Bertz CT molecular complexity index is 932. The topological polar surface area (TPSA) is 42.2 Å². The second-order valence-electron chi connectivity index (χ2n) is 4.85. The number of hydrogen-bond donors (Lipinski definition) is 0. The molecule has 3 aromatic carbocycles. The Balaban J connectivity index is 2.12. The molecule has 0 aromatic heterocycles. The highest BCUT2D eigenvalue weighted by atomic mass is 19.1. The van der Waals surface area contributed by atoms with Crippen LogP contribution in [-0.4, -0.2) is 7.11 Å². The molecule has 23 heavy (non-hydrogen) atoms. The summed E-state index contributed by atoms with van der Waals surface area (Å²) in [6, 6.07) is 13.3. The molecule has 0 aliphatic heterocycles. The van der Waals surface area contributed by atoms with Crippen LogP contribution in [-0.2, 0) is 0 Å². The summed E-state index contributed by atoms with van der Waals surface area (Å²) in [7, 11) is 1.39. The SMILES string of the molecule is COc1cc(F)ccc1Oc1cc(F)cc2cc(C#N)ccc12. The Hall–Kier alpha value is -3.13. The largest absolute Gasteiger partial charge is 0.493 e.